The van der Waals surface area contributed by atoms with Crippen LogP contribution in [0, 0.1) is 0 Å². The molecule has 0 spiro atoms. The number of benzene rings is 2. The minimum Gasteiger partial charge on any atom is -0.726 e. The molecule has 1 aromatic heterocycles. The molecule has 6 nitrogen and oxygen atoms in total. The van der Waals surface area contributed by atoms with Crippen molar-refractivity contribution in [1.29, 1.82) is 0 Å². The quantitative estimate of drug-likeness (QED) is 0.271. The Morgan fingerprint density at radius 2 is 1.88 bits per heavy atom. The first-order valence-electron chi connectivity index (χ1n) is 9.24. The molecule has 2 aromatic carbocycles. The normalized spacial score (nSPS) is 14.9. The maximum Gasteiger partial charge on any atom is 0.422 e. The molecule has 0 radical (unpaired) electrons. The van der Waals surface area contributed by atoms with E-state index in [2.05, 4.69) is 4.18 Å². The smallest absolute Gasteiger partial charge is 0.422 e. The third kappa shape index (κ3) is 5.79. The predicted molar refractivity (Wildman–Crippen MR) is 121 cm³/mol. The summed E-state index contributed by atoms with van der Waals surface area (Å²) in [6.45, 7) is 0. The lowest BCUT2D eigenvalue weighted by Gasteiger charge is -2.14. The molecule has 2 heterocycles. The van der Waals surface area contributed by atoms with Gasteiger partial charge in [0, 0.05) is 23.0 Å². The molecular formula is C21H18ClF3N2O4S2. The van der Waals surface area contributed by atoms with Gasteiger partial charge in [-0.2, -0.15) is 13.2 Å². The number of alkyl halides is 3. The first-order valence-corrected chi connectivity index (χ1v) is 11.8. The highest BCUT2D eigenvalue weighted by atomic mass is 35.5. The monoisotopic (exact) mass is 518 g/mol. The van der Waals surface area contributed by atoms with Crippen molar-refractivity contribution in [3.63, 3.8) is 0 Å². The van der Waals surface area contributed by atoms with Crippen LogP contribution >= 0.6 is 23.4 Å². The highest BCUT2D eigenvalue weighted by Gasteiger charge is 2.36. The molecule has 0 bridgehead atoms. The number of aryl methyl sites for hydroxylation is 1. The average molecular weight is 519 g/mol. The van der Waals surface area contributed by atoms with Gasteiger partial charge in [0.2, 0.25) is 15.9 Å². The summed E-state index contributed by atoms with van der Waals surface area (Å²) < 4.78 is 72.9. The summed E-state index contributed by atoms with van der Waals surface area (Å²) in [5, 5.41) is 2.14. The van der Waals surface area contributed by atoms with E-state index in [0.29, 0.717) is 10.4 Å². The SMILES string of the molecule is CN1/C(=C/c2cc[n+](C)c3c(C(F)(F)F)cccc23)Sc2ccc(Cl)cc21.COS(=O)(=O)[O-]. The standard InChI is InChI=1S/C20H15ClF3N2S.CH4O4S/c1-25-9-8-12(14-4-3-5-15(19(14)25)20(22,23)24)10-18-26(2)16-11-13(21)6-7-17(16)27-18;1-5-6(2,3)4/h3-11H,1-2H3;1H3,(H,2,3,4)/q+1;/p-1. The topological polar surface area (TPSA) is 73.5 Å². The molecule has 33 heavy (non-hydrogen) atoms. The lowest BCUT2D eigenvalue weighted by atomic mass is 10.0. The van der Waals surface area contributed by atoms with Crippen LogP contribution in [-0.4, -0.2) is 27.1 Å². The van der Waals surface area contributed by atoms with Crippen molar-refractivity contribution in [2.24, 2.45) is 7.05 Å². The van der Waals surface area contributed by atoms with E-state index in [1.165, 1.54) is 10.6 Å². The molecule has 0 fully saturated rings. The molecule has 3 aromatic rings. The Hall–Kier alpha value is -2.31. The molecule has 176 valence electrons. The van der Waals surface area contributed by atoms with E-state index < -0.39 is 22.1 Å². The van der Waals surface area contributed by atoms with Crippen LogP contribution in [0.25, 0.3) is 17.0 Å². The number of hydrogen-bond donors (Lipinski definition) is 0. The number of anilines is 1. The van der Waals surface area contributed by atoms with Crippen LogP contribution in [-0.2, 0) is 27.8 Å². The molecule has 0 saturated heterocycles. The lowest BCUT2D eigenvalue weighted by Crippen LogP contribution is -2.31. The van der Waals surface area contributed by atoms with Crippen molar-refractivity contribution in [1.82, 2.24) is 0 Å². The van der Waals surface area contributed by atoms with E-state index in [4.69, 9.17) is 11.6 Å². The highest BCUT2D eigenvalue weighted by molar-refractivity contribution is 8.03. The molecule has 1 aliphatic rings. The molecule has 0 saturated carbocycles. The number of fused-ring (bicyclic) bond motifs is 2. The summed E-state index contributed by atoms with van der Waals surface area (Å²) in [4.78, 5) is 3.06. The lowest BCUT2D eigenvalue weighted by molar-refractivity contribution is -0.645. The summed E-state index contributed by atoms with van der Waals surface area (Å²) >= 11 is 7.66. The van der Waals surface area contributed by atoms with Crippen molar-refractivity contribution in [3.8, 4) is 0 Å². The summed E-state index contributed by atoms with van der Waals surface area (Å²) in [5.41, 5.74) is 1.26. The van der Waals surface area contributed by atoms with Crippen molar-refractivity contribution in [2.75, 3.05) is 19.1 Å². The van der Waals surface area contributed by atoms with Crippen molar-refractivity contribution in [2.45, 2.75) is 11.1 Å². The molecule has 1 aliphatic heterocycles. The van der Waals surface area contributed by atoms with Gasteiger partial charge in [0.25, 0.3) is 0 Å². The third-order valence-corrected chi connectivity index (χ3v) is 6.60. The van der Waals surface area contributed by atoms with Crippen LogP contribution in [0.4, 0.5) is 18.9 Å². The third-order valence-electron chi connectivity index (χ3n) is 4.79. The van der Waals surface area contributed by atoms with Crippen molar-refractivity contribution >= 4 is 56.4 Å². The van der Waals surface area contributed by atoms with Gasteiger partial charge in [-0.05, 0) is 42.0 Å². The fraction of sp³-hybridized carbons (Fsp3) is 0.190. The van der Waals surface area contributed by atoms with Gasteiger partial charge in [0.05, 0.1) is 23.2 Å². The number of hydrogen-bond acceptors (Lipinski definition) is 6. The second-order valence-electron chi connectivity index (χ2n) is 6.91. The van der Waals surface area contributed by atoms with Gasteiger partial charge in [0.15, 0.2) is 6.20 Å². The molecule has 0 atom stereocenters. The van der Waals surface area contributed by atoms with E-state index in [1.807, 2.05) is 42.3 Å². The fourth-order valence-electron chi connectivity index (χ4n) is 3.27. The van der Waals surface area contributed by atoms with Gasteiger partial charge in [-0.1, -0.05) is 29.4 Å². The number of nitrogens with zero attached hydrogens (tertiary/aromatic N) is 2. The van der Waals surface area contributed by atoms with Crippen LogP contribution in [0.5, 0.6) is 0 Å². The maximum atomic E-state index is 13.5. The number of para-hydroxylation sites is 1. The average Bonchev–Trinajstić information content (AvgIpc) is 3.04. The van der Waals surface area contributed by atoms with E-state index >= 15 is 0 Å². The number of rotatable bonds is 2. The number of aromatic nitrogens is 1. The van der Waals surface area contributed by atoms with Gasteiger partial charge in [-0.25, -0.2) is 13.0 Å². The molecule has 0 aliphatic carbocycles. The van der Waals surface area contributed by atoms with Crippen LogP contribution < -0.4 is 9.47 Å². The molecule has 12 heteroatoms. The molecule has 0 amide bonds. The maximum absolute atomic E-state index is 13.5. The molecular weight excluding hydrogens is 501 g/mol. The minimum atomic E-state index is -4.41. The summed E-state index contributed by atoms with van der Waals surface area (Å²) in [5.74, 6) is 0. The Balaban J connectivity index is 0.000000454. The van der Waals surface area contributed by atoms with E-state index in [-0.39, 0.29) is 5.52 Å². The predicted octanol–water partition coefficient (Wildman–Crippen LogP) is 4.97. The van der Waals surface area contributed by atoms with Crippen molar-refractivity contribution in [3.05, 3.63) is 69.8 Å². The van der Waals surface area contributed by atoms with Crippen LogP contribution in [0.2, 0.25) is 5.02 Å². The number of halogens is 4. The summed E-state index contributed by atoms with van der Waals surface area (Å²) in [6, 6.07) is 11.8. The van der Waals surface area contributed by atoms with E-state index in [1.54, 1.807) is 31.1 Å². The minimum absolute atomic E-state index is 0.172. The zero-order valence-electron chi connectivity index (χ0n) is 17.6. The Morgan fingerprint density at radius 3 is 2.48 bits per heavy atom. The van der Waals surface area contributed by atoms with E-state index in [0.717, 1.165) is 34.4 Å². The van der Waals surface area contributed by atoms with Gasteiger partial charge in [0.1, 0.15) is 12.6 Å². The molecule has 0 unspecified atom stereocenters. The summed E-state index contributed by atoms with van der Waals surface area (Å²) in [7, 11) is -0.0525. The van der Waals surface area contributed by atoms with Crippen LogP contribution in [0.15, 0.2) is 58.6 Å². The zero-order chi connectivity index (χ0) is 24.6. The molecule has 4 rings (SSSR count). The van der Waals surface area contributed by atoms with E-state index in [9.17, 15) is 26.1 Å². The fourth-order valence-corrected chi connectivity index (χ4v) is 4.51. The van der Waals surface area contributed by atoms with Crippen molar-refractivity contribution < 1.29 is 34.9 Å². The van der Waals surface area contributed by atoms with Crippen LogP contribution in [0.1, 0.15) is 11.1 Å². The Bertz CT molecular complexity index is 1350. The van der Waals surface area contributed by atoms with Gasteiger partial charge in [-0.3, -0.25) is 4.18 Å². The number of pyridine rings is 1. The van der Waals surface area contributed by atoms with Gasteiger partial charge in [-0.15, -0.1) is 0 Å². The number of thioether (sulfide) groups is 1. The Kier molecular flexibility index (Phi) is 7.30. The highest BCUT2D eigenvalue weighted by Crippen LogP contribution is 2.47. The Morgan fingerprint density at radius 1 is 1.21 bits per heavy atom. The van der Waals surface area contributed by atoms with Gasteiger partial charge >= 0.3 is 6.18 Å². The first-order chi connectivity index (χ1) is 15.3. The first kappa shape index (κ1) is 25.3. The largest absolute Gasteiger partial charge is 0.726 e. The summed E-state index contributed by atoms with van der Waals surface area (Å²) in [6.07, 6.45) is -0.830. The Labute approximate surface area is 198 Å². The second-order valence-corrected chi connectivity index (χ2v) is 9.56. The second kappa shape index (κ2) is 9.51. The zero-order valence-corrected chi connectivity index (χ0v) is 19.9. The van der Waals surface area contributed by atoms with Gasteiger partial charge < -0.3 is 9.45 Å². The van der Waals surface area contributed by atoms with Crippen LogP contribution in [0.3, 0.4) is 0 Å². The molecule has 0 N–H and O–H groups in total.